The van der Waals surface area contributed by atoms with E-state index < -0.39 is 11.5 Å². The second-order valence-electron chi connectivity index (χ2n) is 5.17. The molecule has 19 heavy (non-hydrogen) atoms. The van der Waals surface area contributed by atoms with E-state index in [0.29, 0.717) is 10.0 Å². The molecular formula is C14H17Cl2NO2. The van der Waals surface area contributed by atoms with Crippen molar-refractivity contribution >= 4 is 29.2 Å². The number of carboxylic acids is 1. The summed E-state index contributed by atoms with van der Waals surface area (Å²) in [4.78, 5) is 13.4. The van der Waals surface area contributed by atoms with Gasteiger partial charge in [-0.3, -0.25) is 9.69 Å². The molecule has 1 N–H and O–H groups in total. The maximum Gasteiger partial charge on any atom is 0.305 e. The van der Waals surface area contributed by atoms with Crippen LogP contribution in [0.25, 0.3) is 0 Å². The predicted molar refractivity (Wildman–Crippen MR) is 76.9 cm³/mol. The highest BCUT2D eigenvalue weighted by Crippen LogP contribution is 2.37. The van der Waals surface area contributed by atoms with Gasteiger partial charge in [-0.1, -0.05) is 29.3 Å². The quantitative estimate of drug-likeness (QED) is 0.920. The van der Waals surface area contributed by atoms with Crippen LogP contribution in [0.4, 0.5) is 0 Å². The van der Waals surface area contributed by atoms with Gasteiger partial charge in [0, 0.05) is 0 Å². The average molecular weight is 302 g/mol. The minimum absolute atomic E-state index is 0.0605. The monoisotopic (exact) mass is 301 g/mol. The van der Waals surface area contributed by atoms with Crippen molar-refractivity contribution in [2.24, 2.45) is 0 Å². The Kier molecular flexibility index (Phi) is 4.39. The molecular weight excluding hydrogens is 285 g/mol. The van der Waals surface area contributed by atoms with Crippen LogP contribution >= 0.6 is 23.2 Å². The number of carboxylic acid groups (broad SMARTS) is 1. The van der Waals surface area contributed by atoms with E-state index in [0.717, 1.165) is 31.5 Å². The number of carbonyl (C=O) groups is 1. The summed E-state index contributed by atoms with van der Waals surface area (Å²) in [6, 6.07) is 5.38. The molecule has 1 aliphatic rings. The molecule has 1 unspecified atom stereocenters. The normalized spacial score (nSPS) is 19.3. The standard InChI is InChI=1S/C14H17Cl2NO2/c1-14(9-13(18)19,17-6-2-3-7-17)10-4-5-11(15)12(16)8-10/h4-5,8H,2-3,6-7,9H2,1H3,(H,18,19). The second-order valence-corrected chi connectivity index (χ2v) is 5.98. The first-order valence-corrected chi connectivity index (χ1v) is 7.11. The fourth-order valence-corrected chi connectivity index (χ4v) is 3.03. The lowest BCUT2D eigenvalue weighted by Gasteiger charge is -2.38. The Morgan fingerprint density at radius 3 is 2.47 bits per heavy atom. The number of hydrogen-bond acceptors (Lipinski definition) is 2. The summed E-state index contributed by atoms with van der Waals surface area (Å²) in [6.45, 7) is 3.81. The van der Waals surface area contributed by atoms with Crippen LogP contribution in [0.3, 0.4) is 0 Å². The molecule has 1 saturated heterocycles. The lowest BCUT2D eigenvalue weighted by Crippen LogP contribution is -2.43. The Bertz CT molecular complexity index is 486. The molecule has 1 atom stereocenters. The Hall–Kier alpha value is -0.770. The van der Waals surface area contributed by atoms with Crippen LogP contribution < -0.4 is 0 Å². The van der Waals surface area contributed by atoms with Gasteiger partial charge in [0.2, 0.25) is 0 Å². The third-order valence-corrected chi connectivity index (χ3v) is 4.58. The van der Waals surface area contributed by atoms with Gasteiger partial charge in [-0.05, 0) is 50.6 Å². The highest BCUT2D eigenvalue weighted by atomic mass is 35.5. The van der Waals surface area contributed by atoms with Gasteiger partial charge in [-0.15, -0.1) is 0 Å². The molecule has 1 aliphatic heterocycles. The zero-order valence-corrected chi connectivity index (χ0v) is 12.3. The Morgan fingerprint density at radius 2 is 1.95 bits per heavy atom. The average Bonchev–Trinajstić information content (AvgIpc) is 2.85. The van der Waals surface area contributed by atoms with Crippen molar-refractivity contribution < 1.29 is 9.90 Å². The molecule has 5 heteroatoms. The molecule has 0 bridgehead atoms. The van der Waals surface area contributed by atoms with Crippen LogP contribution in [-0.2, 0) is 10.3 Å². The first kappa shape index (κ1) is 14.6. The minimum Gasteiger partial charge on any atom is -0.481 e. The molecule has 0 saturated carbocycles. The lowest BCUT2D eigenvalue weighted by atomic mass is 9.87. The molecule has 3 nitrogen and oxygen atoms in total. The van der Waals surface area contributed by atoms with E-state index in [2.05, 4.69) is 4.90 Å². The SMILES string of the molecule is CC(CC(=O)O)(c1ccc(Cl)c(Cl)c1)N1CCCC1. The van der Waals surface area contributed by atoms with Crippen molar-refractivity contribution in [2.75, 3.05) is 13.1 Å². The van der Waals surface area contributed by atoms with Crippen molar-refractivity contribution in [3.63, 3.8) is 0 Å². The van der Waals surface area contributed by atoms with Crippen LogP contribution in [0.15, 0.2) is 18.2 Å². The largest absolute Gasteiger partial charge is 0.481 e. The fraction of sp³-hybridized carbons (Fsp3) is 0.500. The number of benzene rings is 1. The summed E-state index contributed by atoms with van der Waals surface area (Å²) < 4.78 is 0. The minimum atomic E-state index is -0.805. The van der Waals surface area contributed by atoms with Crippen molar-refractivity contribution in [1.29, 1.82) is 0 Å². The number of aliphatic carboxylic acids is 1. The van der Waals surface area contributed by atoms with Gasteiger partial charge < -0.3 is 5.11 Å². The van der Waals surface area contributed by atoms with E-state index in [1.165, 1.54) is 0 Å². The van der Waals surface area contributed by atoms with Crippen molar-refractivity contribution in [2.45, 2.75) is 31.7 Å². The van der Waals surface area contributed by atoms with E-state index >= 15 is 0 Å². The highest BCUT2D eigenvalue weighted by molar-refractivity contribution is 6.42. The zero-order valence-electron chi connectivity index (χ0n) is 10.8. The number of nitrogens with zero attached hydrogens (tertiary/aromatic N) is 1. The van der Waals surface area contributed by atoms with E-state index in [1.54, 1.807) is 12.1 Å². The van der Waals surface area contributed by atoms with E-state index in [1.807, 2.05) is 13.0 Å². The van der Waals surface area contributed by atoms with Gasteiger partial charge in [0.1, 0.15) is 0 Å². The molecule has 1 heterocycles. The molecule has 1 fully saturated rings. The summed E-state index contributed by atoms with van der Waals surface area (Å²) >= 11 is 12.0. The Morgan fingerprint density at radius 1 is 1.32 bits per heavy atom. The maximum atomic E-state index is 11.2. The molecule has 1 aromatic rings. The topological polar surface area (TPSA) is 40.5 Å². The van der Waals surface area contributed by atoms with Gasteiger partial charge in [-0.25, -0.2) is 0 Å². The van der Waals surface area contributed by atoms with E-state index in [9.17, 15) is 9.90 Å². The third kappa shape index (κ3) is 3.04. The van der Waals surface area contributed by atoms with Crippen molar-refractivity contribution in [3.8, 4) is 0 Å². The molecule has 2 rings (SSSR count). The number of rotatable bonds is 4. The fourth-order valence-electron chi connectivity index (χ4n) is 2.73. The van der Waals surface area contributed by atoms with Crippen molar-refractivity contribution in [1.82, 2.24) is 4.90 Å². The molecule has 104 valence electrons. The first-order valence-electron chi connectivity index (χ1n) is 6.36. The summed E-state index contributed by atoms with van der Waals surface area (Å²) in [6.07, 6.45) is 2.28. The van der Waals surface area contributed by atoms with Crippen LogP contribution in [0.5, 0.6) is 0 Å². The smallest absolute Gasteiger partial charge is 0.305 e. The number of hydrogen-bond donors (Lipinski definition) is 1. The molecule has 0 radical (unpaired) electrons. The summed E-state index contributed by atoms with van der Waals surface area (Å²) in [5.41, 5.74) is 0.377. The van der Waals surface area contributed by atoms with Gasteiger partial charge in [0.15, 0.2) is 0 Å². The lowest BCUT2D eigenvalue weighted by molar-refractivity contribution is -0.140. The molecule has 0 amide bonds. The molecule has 0 aromatic heterocycles. The van der Waals surface area contributed by atoms with Crippen LogP contribution in [0.1, 0.15) is 31.7 Å². The zero-order chi connectivity index (χ0) is 14.0. The summed E-state index contributed by atoms with van der Waals surface area (Å²) in [5, 5.41) is 10.2. The van der Waals surface area contributed by atoms with Crippen LogP contribution in [0.2, 0.25) is 10.0 Å². The highest BCUT2D eigenvalue weighted by Gasteiger charge is 2.37. The number of halogens is 2. The number of likely N-dealkylation sites (tertiary alicyclic amines) is 1. The van der Waals surface area contributed by atoms with Gasteiger partial charge in [0.05, 0.1) is 22.0 Å². The Labute approximate surface area is 123 Å². The molecule has 1 aromatic carbocycles. The summed E-state index contributed by atoms with van der Waals surface area (Å²) in [5.74, 6) is -0.805. The summed E-state index contributed by atoms with van der Waals surface area (Å²) in [7, 11) is 0. The van der Waals surface area contributed by atoms with Crippen LogP contribution in [-0.4, -0.2) is 29.1 Å². The van der Waals surface area contributed by atoms with Crippen LogP contribution in [0, 0.1) is 0 Å². The third-order valence-electron chi connectivity index (χ3n) is 3.84. The second kappa shape index (κ2) is 5.70. The van der Waals surface area contributed by atoms with Gasteiger partial charge in [0.25, 0.3) is 0 Å². The predicted octanol–water partition coefficient (Wildman–Crippen LogP) is 3.78. The van der Waals surface area contributed by atoms with Gasteiger partial charge in [-0.2, -0.15) is 0 Å². The first-order chi connectivity index (χ1) is 8.93. The Balaban J connectivity index is 2.40. The van der Waals surface area contributed by atoms with E-state index in [-0.39, 0.29) is 6.42 Å². The van der Waals surface area contributed by atoms with Crippen molar-refractivity contribution in [3.05, 3.63) is 33.8 Å². The molecule has 0 spiro atoms. The van der Waals surface area contributed by atoms with E-state index in [4.69, 9.17) is 23.2 Å². The maximum absolute atomic E-state index is 11.2. The molecule has 0 aliphatic carbocycles. The van der Waals surface area contributed by atoms with Gasteiger partial charge >= 0.3 is 5.97 Å².